The summed E-state index contributed by atoms with van der Waals surface area (Å²) in [6.45, 7) is 0. The number of nitrogens with zero attached hydrogens (tertiary/aromatic N) is 2. The van der Waals surface area contributed by atoms with Gasteiger partial charge < -0.3 is 10.3 Å². The van der Waals surface area contributed by atoms with E-state index in [1.165, 1.54) is 5.56 Å². The van der Waals surface area contributed by atoms with E-state index in [0.717, 1.165) is 35.6 Å². The van der Waals surface area contributed by atoms with E-state index in [4.69, 9.17) is 4.98 Å². The minimum absolute atomic E-state index is 0.0712. The first-order valence-electron chi connectivity index (χ1n) is 6.92. The monoisotopic (exact) mass is 264 g/mol. The number of fused-ring (bicyclic) bond motifs is 1. The van der Waals surface area contributed by atoms with E-state index >= 15 is 0 Å². The highest BCUT2D eigenvalue weighted by molar-refractivity contribution is 5.73. The number of anilines is 1. The Hall–Kier alpha value is -2.36. The number of rotatable bonds is 3. The summed E-state index contributed by atoms with van der Waals surface area (Å²) in [6.07, 6.45) is 2.30. The van der Waals surface area contributed by atoms with Gasteiger partial charge in [0.2, 0.25) is 0 Å². The lowest BCUT2D eigenvalue weighted by molar-refractivity contribution is 0.778. The Labute approximate surface area is 117 Å². The van der Waals surface area contributed by atoms with Gasteiger partial charge in [-0.25, -0.2) is 9.97 Å². The molecular formula is C16H16N4. The number of imidazole rings is 1. The number of nitrogens with one attached hydrogen (secondary N) is 2. The molecule has 4 rings (SSSR count). The Morgan fingerprint density at radius 1 is 1.05 bits per heavy atom. The van der Waals surface area contributed by atoms with Gasteiger partial charge >= 0.3 is 0 Å². The molecule has 4 heteroatoms. The largest absolute Gasteiger partial charge is 0.373 e. The summed E-state index contributed by atoms with van der Waals surface area (Å²) in [5.41, 5.74) is 3.20. The van der Waals surface area contributed by atoms with Gasteiger partial charge in [-0.2, -0.15) is 0 Å². The molecular weight excluding hydrogens is 248 g/mol. The second-order valence-corrected chi connectivity index (χ2v) is 5.35. The summed E-state index contributed by atoms with van der Waals surface area (Å²) < 4.78 is 0. The van der Waals surface area contributed by atoms with E-state index in [1.807, 2.05) is 19.2 Å². The lowest BCUT2D eigenvalue weighted by Gasteiger charge is -2.12. The summed E-state index contributed by atoms with van der Waals surface area (Å²) in [5, 5.41) is 3.05. The fraction of sp³-hybridized carbons (Fsp3) is 0.250. The average Bonchev–Trinajstić information content (AvgIpc) is 3.21. The topological polar surface area (TPSA) is 53.6 Å². The lowest BCUT2D eigenvalue weighted by Crippen LogP contribution is -2.10. The van der Waals surface area contributed by atoms with Gasteiger partial charge in [0, 0.05) is 7.05 Å². The van der Waals surface area contributed by atoms with Crippen LogP contribution in [0, 0.1) is 0 Å². The maximum absolute atomic E-state index is 4.73. The zero-order valence-corrected chi connectivity index (χ0v) is 11.4. The minimum Gasteiger partial charge on any atom is -0.373 e. The molecule has 0 bridgehead atoms. The van der Waals surface area contributed by atoms with Crippen LogP contribution < -0.4 is 5.32 Å². The third-order valence-corrected chi connectivity index (χ3v) is 4.13. The summed E-state index contributed by atoms with van der Waals surface area (Å²) >= 11 is 0. The lowest BCUT2D eigenvalue weighted by atomic mass is 9.95. The first-order chi connectivity index (χ1) is 9.82. The molecule has 0 aliphatic heterocycles. The van der Waals surface area contributed by atoms with E-state index in [1.54, 1.807) is 0 Å². The molecule has 4 nitrogen and oxygen atoms in total. The van der Waals surface area contributed by atoms with Crippen molar-refractivity contribution in [2.45, 2.75) is 18.3 Å². The number of aromatic amines is 1. The standard InChI is InChI=1S/C16H16N4/c1-17-13-8-7-12-14(19-13)20-15(18-12)16(9-10-16)11-5-3-2-4-6-11/h2-8H,9-10H2,1H3,(H2,17,18,19,20). The van der Waals surface area contributed by atoms with Gasteiger partial charge in [0.25, 0.3) is 0 Å². The molecule has 1 saturated carbocycles. The van der Waals surface area contributed by atoms with Crippen molar-refractivity contribution in [2.75, 3.05) is 12.4 Å². The van der Waals surface area contributed by atoms with Crippen LogP contribution in [0.1, 0.15) is 24.2 Å². The van der Waals surface area contributed by atoms with Crippen molar-refractivity contribution in [1.29, 1.82) is 0 Å². The van der Waals surface area contributed by atoms with Gasteiger partial charge in [-0.15, -0.1) is 0 Å². The van der Waals surface area contributed by atoms with Crippen LogP contribution in [0.25, 0.3) is 11.2 Å². The van der Waals surface area contributed by atoms with Crippen LogP contribution in [-0.4, -0.2) is 22.0 Å². The third-order valence-electron chi connectivity index (χ3n) is 4.13. The maximum Gasteiger partial charge on any atom is 0.179 e. The van der Waals surface area contributed by atoms with Gasteiger partial charge in [-0.1, -0.05) is 30.3 Å². The van der Waals surface area contributed by atoms with Crippen molar-refractivity contribution in [3.05, 3.63) is 53.9 Å². The highest BCUT2D eigenvalue weighted by Gasteiger charge is 2.48. The summed E-state index contributed by atoms with van der Waals surface area (Å²) in [5.74, 6) is 1.89. The highest BCUT2D eigenvalue weighted by Crippen LogP contribution is 2.52. The first-order valence-corrected chi connectivity index (χ1v) is 6.92. The van der Waals surface area contributed by atoms with E-state index in [-0.39, 0.29) is 5.41 Å². The Bertz CT molecular complexity index is 757. The predicted molar refractivity (Wildman–Crippen MR) is 79.9 cm³/mol. The van der Waals surface area contributed by atoms with Gasteiger partial charge in [0.05, 0.1) is 10.9 Å². The second kappa shape index (κ2) is 4.07. The average molecular weight is 264 g/mol. The minimum atomic E-state index is 0.0712. The van der Waals surface area contributed by atoms with Gasteiger partial charge in [-0.05, 0) is 30.5 Å². The van der Waals surface area contributed by atoms with E-state index < -0.39 is 0 Å². The SMILES string of the molecule is CNc1ccc2[nH]c(C3(c4ccccc4)CC3)nc2n1. The molecule has 0 saturated heterocycles. The van der Waals surface area contributed by atoms with Crippen molar-refractivity contribution >= 4 is 17.0 Å². The van der Waals surface area contributed by atoms with Crippen molar-refractivity contribution in [3.8, 4) is 0 Å². The Kier molecular flexibility index (Phi) is 2.33. The molecule has 1 aliphatic carbocycles. The molecule has 1 fully saturated rings. The van der Waals surface area contributed by atoms with Crippen LogP contribution in [0.3, 0.4) is 0 Å². The summed E-state index contributed by atoms with van der Waals surface area (Å²) in [4.78, 5) is 12.7. The van der Waals surface area contributed by atoms with Gasteiger partial charge in [0.1, 0.15) is 11.6 Å². The fourth-order valence-electron chi connectivity index (χ4n) is 2.80. The van der Waals surface area contributed by atoms with Crippen LogP contribution in [-0.2, 0) is 5.41 Å². The van der Waals surface area contributed by atoms with E-state index in [9.17, 15) is 0 Å². The quantitative estimate of drug-likeness (QED) is 0.764. The molecule has 0 radical (unpaired) electrons. The van der Waals surface area contributed by atoms with E-state index in [0.29, 0.717) is 0 Å². The number of hydrogen-bond acceptors (Lipinski definition) is 3. The number of pyridine rings is 1. The predicted octanol–water partition coefficient (Wildman–Crippen LogP) is 3.08. The van der Waals surface area contributed by atoms with Crippen molar-refractivity contribution in [1.82, 2.24) is 15.0 Å². The molecule has 0 amide bonds. The Morgan fingerprint density at radius 2 is 1.85 bits per heavy atom. The molecule has 2 heterocycles. The van der Waals surface area contributed by atoms with Gasteiger partial charge in [0.15, 0.2) is 5.65 Å². The molecule has 1 aromatic carbocycles. The molecule has 0 unspecified atom stereocenters. The van der Waals surface area contributed by atoms with Gasteiger partial charge in [-0.3, -0.25) is 0 Å². The molecule has 0 spiro atoms. The highest BCUT2D eigenvalue weighted by atomic mass is 15.1. The van der Waals surface area contributed by atoms with Crippen LogP contribution in [0.5, 0.6) is 0 Å². The molecule has 0 atom stereocenters. The fourth-order valence-corrected chi connectivity index (χ4v) is 2.80. The Balaban J connectivity index is 1.83. The van der Waals surface area contributed by atoms with Crippen molar-refractivity contribution in [3.63, 3.8) is 0 Å². The number of H-pyrrole nitrogens is 1. The van der Waals surface area contributed by atoms with Crippen LogP contribution in [0.2, 0.25) is 0 Å². The molecule has 2 N–H and O–H groups in total. The zero-order chi connectivity index (χ0) is 13.6. The second-order valence-electron chi connectivity index (χ2n) is 5.35. The summed E-state index contributed by atoms with van der Waals surface area (Å²) in [7, 11) is 1.87. The normalized spacial score (nSPS) is 16.2. The number of benzene rings is 1. The molecule has 20 heavy (non-hydrogen) atoms. The molecule has 100 valence electrons. The zero-order valence-electron chi connectivity index (χ0n) is 11.4. The molecule has 2 aromatic heterocycles. The smallest absolute Gasteiger partial charge is 0.179 e. The molecule has 1 aliphatic rings. The van der Waals surface area contributed by atoms with Crippen molar-refractivity contribution < 1.29 is 0 Å². The van der Waals surface area contributed by atoms with E-state index in [2.05, 4.69) is 45.6 Å². The van der Waals surface area contributed by atoms with Crippen LogP contribution in [0.4, 0.5) is 5.82 Å². The summed E-state index contributed by atoms with van der Waals surface area (Å²) in [6, 6.07) is 14.6. The molecule has 3 aromatic rings. The first kappa shape index (κ1) is 11.5. The van der Waals surface area contributed by atoms with Crippen molar-refractivity contribution in [2.24, 2.45) is 0 Å². The van der Waals surface area contributed by atoms with Crippen LogP contribution in [0.15, 0.2) is 42.5 Å². The number of aromatic nitrogens is 3. The number of hydrogen-bond donors (Lipinski definition) is 2. The van der Waals surface area contributed by atoms with Crippen LogP contribution >= 0.6 is 0 Å². The Morgan fingerprint density at radius 3 is 2.55 bits per heavy atom. The maximum atomic E-state index is 4.73. The third kappa shape index (κ3) is 1.61.